The fraction of sp³-hybridized carbons (Fsp3) is 0.444. The summed E-state index contributed by atoms with van der Waals surface area (Å²) < 4.78 is 69.8. The minimum atomic E-state index is -4.83. The molecular weight excluding hydrogens is 432 g/mol. The van der Waals surface area contributed by atoms with Crippen molar-refractivity contribution >= 4 is 27.8 Å². The van der Waals surface area contributed by atoms with Gasteiger partial charge in [-0.05, 0) is 55.9 Å². The van der Waals surface area contributed by atoms with Gasteiger partial charge >= 0.3 is 6.18 Å². The summed E-state index contributed by atoms with van der Waals surface area (Å²) in [5, 5.41) is 10.2. The number of aliphatic hydroxyl groups is 1. The first-order valence-corrected chi connectivity index (χ1v) is 10.7. The van der Waals surface area contributed by atoms with Gasteiger partial charge in [-0.15, -0.1) is 11.3 Å². The summed E-state index contributed by atoms with van der Waals surface area (Å²) in [5.41, 5.74) is -2.64. The molecule has 0 radical (unpaired) electrons. The molecule has 1 aliphatic carbocycles. The van der Waals surface area contributed by atoms with E-state index in [0.717, 1.165) is 17.4 Å². The average Bonchev–Trinajstić information content (AvgIpc) is 3.28. The number of alkyl halides is 3. The monoisotopic (exact) mass is 450 g/mol. The molecule has 3 rings (SSSR count). The molecule has 1 atom stereocenters. The molecular formula is C18H18F4N2O3S2. The molecule has 11 heteroatoms. The molecule has 1 heterocycles. The van der Waals surface area contributed by atoms with Gasteiger partial charge in [0.25, 0.3) is 5.91 Å². The van der Waals surface area contributed by atoms with Crippen LogP contribution in [0, 0.1) is 5.82 Å². The fourth-order valence-electron chi connectivity index (χ4n) is 2.84. The van der Waals surface area contributed by atoms with E-state index >= 15 is 0 Å². The molecule has 1 N–H and O–H groups in total. The number of amides is 1. The summed E-state index contributed by atoms with van der Waals surface area (Å²) in [5.74, 6) is -2.23. The van der Waals surface area contributed by atoms with E-state index in [9.17, 15) is 31.7 Å². The van der Waals surface area contributed by atoms with Crippen molar-refractivity contribution in [1.29, 1.82) is 0 Å². The number of thiol groups is 1. The van der Waals surface area contributed by atoms with Gasteiger partial charge < -0.3 is 5.11 Å². The highest BCUT2D eigenvalue weighted by Gasteiger charge is 2.38. The molecule has 0 bridgehead atoms. The lowest BCUT2D eigenvalue weighted by Crippen LogP contribution is -2.15. The molecule has 158 valence electrons. The van der Waals surface area contributed by atoms with Crippen LogP contribution >= 0.6 is 11.3 Å². The number of hydrogen-bond acceptors (Lipinski definition) is 5. The SMILES string of the molecule is CC(C)(O)c1ncc(/[SH](=O)=N\C(=O)Cc2c(C3CC3)cc(F)cc2C(F)(F)F)s1. The fourth-order valence-corrected chi connectivity index (χ4v) is 4.72. The Labute approximate surface area is 170 Å². The van der Waals surface area contributed by atoms with Crippen molar-refractivity contribution in [2.45, 2.75) is 55.0 Å². The van der Waals surface area contributed by atoms with Gasteiger partial charge in [0, 0.05) is 0 Å². The molecule has 1 amide bonds. The van der Waals surface area contributed by atoms with E-state index in [-0.39, 0.29) is 26.3 Å². The van der Waals surface area contributed by atoms with Crippen LogP contribution in [0.2, 0.25) is 0 Å². The Hall–Kier alpha value is -1.85. The van der Waals surface area contributed by atoms with Gasteiger partial charge in [0.05, 0.1) is 28.8 Å². The maximum atomic E-state index is 13.7. The number of nitrogens with zero attached hydrogens (tertiary/aromatic N) is 2. The van der Waals surface area contributed by atoms with E-state index in [1.165, 1.54) is 20.0 Å². The van der Waals surface area contributed by atoms with Crippen LogP contribution in [0.25, 0.3) is 0 Å². The Morgan fingerprint density at radius 3 is 2.52 bits per heavy atom. The first-order valence-electron chi connectivity index (χ1n) is 8.66. The van der Waals surface area contributed by atoms with Crippen LogP contribution in [0.15, 0.2) is 26.9 Å². The predicted molar refractivity (Wildman–Crippen MR) is 99.7 cm³/mol. The molecule has 1 fully saturated rings. The maximum Gasteiger partial charge on any atom is 0.416 e. The van der Waals surface area contributed by atoms with Gasteiger partial charge in [-0.25, -0.2) is 13.6 Å². The van der Waals surface area contributed by atoms with Gasteiger partial charge in [0.2, 0.25) is 0 Å². The van der Waals surface area contributed by atoms with Crippen molar-refractivity contribution in [2.24, 2.45) is 4.36 Å². The molecule has 29 heavy (non-hydrogen) atoms. The first-order chi connectivity index (χ1) is 13.4. The van der Waals surface area contributed by atoms with Gasteiger partial charge in [-0.1, -0.05) is 0 Å². The Morgan fingerprint density at radius 2 is 2.00 bits per heavy atom. The minimum Gasteiger partial charge on any atom is -0.383 e. The number of thiazole rings is 1. The number of carbonyl (C=O) groups is 1. The normalized spacial score (nSPS) is 16.2. The van der Waals surface area contributed by atoms with E-state index in [1.807, 2.05) is 0 Å². The van der Waals surface area contributed by atoms with Gasteiger partial charge in [0.15, 0.2) is 0 Å². The number of halogens is 4. The van der Waals surface area contributed by atoms with Gasteiger partial charge in [0.1, 0.15) is 20.6 Å². The standard InChI is InChI=1S/C18H18F4N2O3S2/c1-17(2,26)16-23-8-15(28-16)29(27)24-14(25)7-12-11(9-3-4-9)5-10(19)6-13(12)18(20,21)22/h5-6,8-9,26,29H,3-4,7H2,1-2H3. The second-order valence-corrected chi connectivity index (χ2v) is 9.86. The Morgan fingerprint density at radius 1 is 1.34 bits per heavy atom. The van der Waals surface area contributed by atoms with Gasteiger partial charge in [-0.2, -0.15) is 17.5 Å². The lowest BCUT2D eigenvalue weighted by Gasteiger charge is -2.16. The van der Waals surface area contributed by atoms with E-state index in [1.54, 1.807) is 0 Å². The molecule has 2 aromatic rings. The van der Waals surface area contributed by atoms with Crippen LogP contribution < -0.4 is 0 Å². The summed E-state index contributed by atoms with van der Waals surface area (Å²) in [6, 6.07) is 1.39. The third-order valence-corrected chi connectivity index (χ3v) is 7.06. The molecule has 1 unspecified atom stereocenters. The summed E-state index contributed by atoms with van der Waals surface area (Å²) in [6.45, 7) is 2.97. The average molecular weight is 450 g/mol. The summed E-state index contributed by atoms with van der Waals surface area (Å²) in [6.07, 6.45) is -3.11. The van der Waals surface area contributed by atoms with Crippen molar-refractivity contribution in [3.05, 3.63) is 45.8 Å². The van der Waals surface area contributed by atoms with Crippen LogP contribution in [0.4, 0.5) is 17.6 Å². The quantitative estimate of drug-likeness (QED) is 0.529. The van der Waals surface area contributed by atoms with Crippen molar-refractivity contribution < 1.29 is 31.7 Å². The van der Waals surface area contributed by atoms with Crippen molar-refractivity contribution in [3.63, 3.8) is 0 Å². The topological polar surface area (TPSA) is 79.6 Å². The number of aromatic nitrogens is 1. The molecule has 1 aromatic carbocycles. The predicted octanol–water partition coefficient (Wildman–Crippen LogP) is 4.20. The number of rotatable bonds is 5. The molecule has 1 aliphatic rings. The van der Waals surface area contributed by atoms with Crippen molar-refractivity contribution in [1.82, 2.24) is 4.98 Å². The number of hydrogen-bond donors (Lipinski definition) is 2. The zero-order valence-electron chi connectivity index (χ0n) is 15.5. The van der Waals surface area contributed by atoms with Crippen molar-refractivity contribution in [2.75, 3.05) is 0 Å². The number of carbonyl (C=O) groups excluding carboxylic acids is 1. The molecule has 0 spiro atoms. The summed E-state index contributed by atoms with van der Waals surface area (Å²) in [7, 11) is -2.58. The summed E-state index contributed by atoms with van der Waals surface area (Å²) in [4.78, 5) is 16.2. The molecule has 0 aliphatic heterocycles. The molecule has 1 saturated carbocycles. The molecule has 1 aromatic heterocycles. The van der Waals surface area contributed by atoms with E-state index in [4.69, 9.17) is 0 Å². The third kappa shape index (κ3) is 5.20. The Bertz CT molecular complexity index is 1030. The van der Waals surface area contributed by atoms with E-state index in [2.05, 4.69) is 9.35 Å². The molecule has 5 nitrogen and oxygen atoms in total. The Balaban J connectivity index is 1.92. The lowest BCUT2D eigenvalue weighted by molar-refractivity contribution is -0.138. The third-order valence-electron chi connectivity index (χ3n) is 4.31. The summed E-state index contributed by atoms with van der Waals surface area (Å²) >= 11 is 0.903. The highest BCUT2D eigenvalue weighted by Crippen LogP contribution is 2.45. The van der Waals surface area contributed by atoms with Crippen LogP contribution in [0.1, 0.15) is 54.3 Å². The van der Waals surface area contributed by atoms with Crippen molar-refractivity contribution in [3.8, 4) is 0 Å². The second kappa shape index (κ2) is 7.77. The smallest absolute Gasteiger partial charge is 0.383 e. The molecule has 0 saturated heterocycles. The number of benzene rings is 1. The highest BCUT2D eigenvalue weighted by atomic mass is 32.2. The van der Waals surface area contributed by atoms with E-state index in [0.29, 0.717) is 18.9 Å². The maximum absolute atomic E-state index is 13.7. The largest absolute Gasteiger partial charge is 0.416 e. The second-order valence-electron chi connectivity index (χ2n) is 7.30. The zero-order chi connectivity index (χ0) is 21.6. The minimum absolute atomic E-state index is 0.128. The van der Waals surface area contributed by atoms with Crippen LogP contribution in [-0.2, 0) is 33.6 Å². The Kier molecular flexibility index (Phi) is 5.85. The lowest BCUT2D eigenvalue weighted by atomic mass is 9.94. The van der Waals surface area contributed by atoms with Crippen LogP contribution in [0.3, 0.4) is 0 Å². The van der Waals surface area contributed by atoms with Crippen LogP contribution in [-0.4, -0.2) is 20.2 Å². The van der Waals surface area contributed by atoms with Crippen LogP contribution in [0.5, 0.6) is 0 Å². The van der Waals surface area contributed by atoms with E-state index < -0.39 is 46.1 Å². The first kappa shape index (κ1) is 21.8. The van der Waals surface area contributed by atoms with Gasteiger partial charge in [-0.3, -0.25) is 4.79 Å². The highest BCUT2D eigenvalue weighted by molar-refractivity contribution is 7.78. The zero-order valence-corrected chi connectivity index (χ0v) is 17.2.